The summed E-state index contributed by atoms with van der Waals surface area (Å²) in [6.07, 6.45) is 3.61. The zero-order valence-corrected chi connectivity index (χ0v) is 11.9. The summed E-state index contributed by atoms with van der Waals surface area (Å²) in [5.41, 5.74) is 7.45. The van der Waals surface area contributed by atoms with Crippen molar-refractivity contribution in [3.63, 3.8) is 0 Å². The molecule has 1 heterocycles. The number of nitrogens with two attached hydrogens (primary N) is 1. The second-order valence-electron chi connectivity index (χ2n) is 4.75. The summed E-state index contributed by atoms with van der Waals surface area (Å²) in [7, 11) is 1.76. The summed E-state index contributed by atoms with van der Waals surface area (Å²) in [5.74, 6) is -0.150. The summed E-state index contributed by atoms with van der Waals surface area (Å²) >= 11 is 0. The molecule has 5 nitrogen and oxygen atoms in total. The lowest BCUT2D eigenvalue weighted by Crippen LogP contribution is -2.32. The number of hydrogen-bond donors (Lipinski definition) is 1. The fraction of sp³-hybridized carbons (Fsp3) is 0.333. The number of aromatic nitrogens is 2. The average molecular weight is 272 g/mol. The molecule has 2 N–H and O–H groups in total. The molecule has 5 heteroatoms. The molecule has 2 aromatic rings. The Kier molecular flexibility index (Phi) is 4.40. The number of hydrogen-bond acceptors (Lipinski definition) is 3. The highest BCUT2D eigenvalue weighted by molar-refractivity contribution is 6.07. The van der Waals surface area contributed by atoms with Crippen LogP contribution in [0.4, 0.5) is 11.4 Å². The Morgan fingerprint density at radius 1 is 1.35 bits per heavy atom. The predicted molar refractivity (Wildman–Crippen MR) is 80.6 cm³/mol. The van der Waals surface area contributed by atoms with Gasteiger partial charge in [0.25, 0.3) is 5.91 Å². The maximum atomic E-state index is 12.7. The van der Waals surface area contributed by atoms with Crippen LogP contribution in [0.2, 0.25) is 0 Å². The Hall–Kier alpha value is -2.30. The van der Waals surface area contributed by atoms with E-state index in [4.69, 9.17) is 5.73 Å². The third-order valence-corrected chi connectivity index (χ3v) is 3.11. The first-order valence-electron chi connectivity index (χ1n) is 6.79. The van der Waals surface area contributed by atoms with Crippen LogP contribution in [0.25, 0.3) is 0 Å². The van der Waals surface area contributed by atoms with E-state index in [2.05, 4.69) is 12.0 Å². The van der Waals surface area contributed by atoms with Crippen molar-refractivity contribution in [3.05, 3.63) is 42.2 Å². The van der Waals surface area contributed by atoms with Crippen LogP contribution in [0.15, 0.2) is 36.5 Å². The third kappa shape index (κ3) is 2.99. The number of unbranched alkanes of at least 4 members (excludes halogenated alkanes) is 1. The third-order valence-electron chi connectivity index (χ3n) is 3.11. The van der Waals surface area contributed by atoms with E-state index in [9.17, 15) is 4.79 Å². The monoisotopic (exact) mass is 272 g/mol. The molecule has 0 aliphatic heterocycles. The van der Waals surface area contributed by atoms with E-state index in [1.54, 1.807) is 22.8 Å². The second-order valence-corrected chi connectivity index (χ2v) is 4.75. The Bertz CT molecular complexity index is 577. The minimum Gasteiger partial charge on any atom is -0.396 e. The Morgan fingerprint density at radius 3 is 2.60 bits per heavy atom. The molecular weight excluding hydrogens is 252 g/mol. The quantitative estimate of drug-likeness (QED) is 0.909. The molecule has 0 saturated heterocycles. The van der Waals surface area contributed by atoms with Crippen LogP contribution in [0.3, 0.4) is 0 Å². The number of para-hydroxylation sites is 1. The molecule has 1 aromatic carbocycles. The number of aryl methyl sites for hydroxylation is 1. The lowest BCUT2D eigenvalue weighted by Gasteiger charge is -2.22. The highest BCUT2D eigenvalue weighted by atomic mass is 16.2. The summed E-state index contributed by atoms with van der Waals surface area (Å²) in [6, 6.07) is 9.62. The van der Waals surface area contributed by atoms with Gasteiger partial charge < -0.3 is 10.6 Å². The zero-order chi connectivity index (χ0) is 14.5. The summed E-state index contributed by atoms with van der Waals surface area (Å²) in [6.45, 7) is 2.76. The number of anilines is 2. The largest absolute Gasteiger partial charge is 0.396 e. The lowest BCUT2D eigenvalue weighted by molar-refractivity contribution is 0.0982. The Morgan fingerprint density at radius 2 is 2.05 bits per heavy atom. The molecule has 0 bridgehead atoms. The van der Waals surface area contributed by atoms with Crippen LogP contribution in [-0.2, 0) is 7.05 Å². The Labute approximate surface area is 119 Å². The van der Waals surface area contributed by atoms with E-state index in [1.165, 1.54) is 0 Å². The number of nitrogen functional groups attached to an aromatic ring is 1. The minimum atomic E-state index is -0.150. The zero-order valence-electron chi connectivity index (χ0n) is 11.9. The molecule has 1 amide bonds. The van der Waals surface area contributed by atoms with E-state index in [0.29, 0.717) is 17.9 Å². The SMILES string of the molecule is CCCCN(C(=O)c1nn(C)cc1N)c1ccccc1. The predicted octanol–water partition coefficient (Wildman–Crippen LogP) is 2.45. The first-order valence-corrected chi connectivity index (χ1v) is 6.79. The van der Waals surface area contributed by atoms with Gasteiger partial charge in [-0.05, 0) is 18.6 Å². The van der Waals surface area contributed by atoms with E-state index in [1.807, 2.05) is 30.3 Å². The van der Waals surface area contributed by atoms with Gasteiger partial charge in [0.15, 0.2) is 5.69 Å². The van der Waals surface area contributed by atoms with Crippen LogP contribution < -0.4 is 10.6 Å². The fourth-order valence-corrected chi connectivity index (χ4v) is 2.07. The first-order chi connectivity index (χ1) is 9.63. The maximum Gasteiger partial charge on any atom is 0.280 e. The van der Waals surface area contributed by atoms with E-state index in [0.717, 1.165) is 18.5 Å². The molecule has 1 aromatic heterocycles. The molecular formula is C15H20N4O. The summed E-state index contributed by atoms with van der Waals surface area (Å²) < 4.78 is 1.56. The van der Waals surface area contributed by atoms with Crippen LogP contribution in [0, 0.1) is 0 Å². The second kappa shape index (κ2) is 6.23. The number of carbonyl (C=O) groups excluding carboxylic acids is 1. The van der Waals surface area contributed by atoms with E-state index in [-0.39, 0.29) is 5.91 Å². The van der Waals surface area contributed by atoms with Crippen molar-refractivity contribution in [1.82, 2.24) is 9.78 Å². The van der Waals surface area contributed by atoms with E-state index < -0.39 is 0 Å². The van der Waals surface area contributed by atoms with Gasteiger partial charge in [0, 0.05) is 25.5 Å². The van der Waals surface area contributed by atoms with Crippen molar-refractivity contribution in [2.24, 2.45) is 7.05 Å². The average Bonchev–Trinajstić information content (AvgIpc) is 2.79. The van der Waals surface area contributed by atoms with Gasteiger partial charge in [-0.2, -0.15) is 5.10 Å². The summed E-state index contributed by atoms with van der Waals surface area (Å²) in [5, 5.41) is 4.17. The molecule has 20 heavy (non-hydrogen) atoms. The molecule has 0 aliphatic carbocycles. The molecule has 0 fully saturated rings. The molecule has 0 atom stereocenters. The molecule has 106 valence electrons. The number of benzene rings is 1. The van der Waals surface area contributed by atoms with Crippen LogP contribution >= 0.6 is 0 Å². The van der Waals surface area contributed by atoms with Crippen LogP contribution in [-0.4, -0.2) is 22.2 Å². The molecule has 0 saturated carbocycles. The van der Waals surface area contributed by atoms with Gasteiger partial charge in [-0.1, -0.05) is 31.5 Å². The molecule has 2 rings (SSSR count). The number of amides is 1. The topological polar surface area (TPSA) is 64.2 Å². The van der Waals surface area contributed by atoms with Gasteiger partial charge in [0.2, 0.25) is 0 Å². The Balaban J connectivity index is 2.31. The molecule has 0 aliphatic rings. The fourth-order valence-electron chi connectivity index (χ4n) is 2.07. The van der Waals surface area contributed by atoms with Crippen LogP contribution in [0.1, 0.15) is 30.3 Å². The minimum absolute atomic E-state index is 0.150. The van der Waals surface area contributed by atoms with Gasteiger partial charge >= 0.3 is 0 Å². The van der Waals surface area contributed by atoms with Gasteiger partial charge in [-0.25, -0.2) is 0 Å². The van der Waals surface area contributed by atoms with Crippen molar-refractivity contribution in [1.29, 1.82) is 0 Å². The van der Waals surface area contributed by atoms with Crippen LogP contribution in [0.5, 0.6) is 0 Å². The lowest BCUT2D eigenvalue weighted by atomic mass is 10.2. The van der Waals surface area contributed by atoms with E-state index >= 15 is 0 Å². The normalized spacial score (nSPS) is 10.5. The van der Waals surface area contributed by atoms with Crippen molar-refractivity contribution in [2.75, 3.05) is 17.2 Å². The molecule has 0 unspecified atom stereocenters. The van der Waals surface area contributed by atoms with Crippen molar-refractivity contribution in [3.8, 4) is 0 Å². The standard InChI is InChI=1S/C15H20N4O/c1-3-4-10-19(12-8-6-5-7-9-12)15(20)14-13(16)11-18(2)17-14/h5-9,11H,3-4,10,16H2,1-2H3. The first kappa shape index (κ1) is 14.1. The van der Waals surface area contributed by atoms with Crippen molar-refractivity contribution in [2.45, 2.75) is 19.8 Å². The van der Waals surface area contributed by atoms with Crippen molar-refractivity contribution < 1.29 is 4.79 Å². The molecule has 0 radical (unpaired) electrons. The van der Waals surface area contributed by atoms with Gasteiger partial charge in [0.05, 0.1) is 5.69 Å². The number of nitrogens with zero attached hydrogens (tertiary/aromatic N) is 3. The van der Waals surface area contributed by atoms with Crippen molar-refractivity contribution >= 4 is 17.3 Å². The smallest absolute Gasteiger partial charge is 0.280 e. The molecule has 0 spiro atoms. The highest BCUT2D eigenvalue weighted by Gasteiger charge is 2.22. The van der Waals surface area contributed by atoms with Gasteiger partial charge in [-0.3, -0.25) is 9.48 Å². The summed E-state index contributed by atoms with van der Waals surface area (Å²) in [4.78, 5) is 14.4. The van der Waals surface area contributed by atoms with Gasteiger partial charge in [0.1, 0.15) is 0 Å². The number of carbonyl (C=O) groups is 1. The van der Waals surface area contributed by atoms with Gasteiger partial charge in [-0.15, -0.1) is 0 Å². The number of rotatable bonds is 5. The maximum absolute atomic E-state index is 12.7. The highest BCUT2D eigenvalue weighted by Crippen LogP contribution is 2.19.